The van der Waals surface area contributed by atoms with Gasteiger partial charge in [-0.3, -0.25) is 10.1 Å². The Balaban J connectivity index is 2.51. The van der Waals surface area contributed by atoms with Crippen molar-refractivity contribution < 1.29 is 24.3 Å². The lowest BCUT2D eigenvalue weighted by Gasteiger charge is -2.07. The molecule has 0 amide bonds. The molecule has 0 bridgehead atoms. The molecule has 0 fully saturated rings. The second-order valence-corrected chi connectivity index (χ2v) is 4.04. The van der Waals surface area contributed by atoms with Crippen molar-refractivity contribution in [1.29, 1.82) is 0 Å². The van der Waals surface area contributed by atoms with Crippen LogP contribution in [0.1, 0.15) is 16.8 Å². The first kappa shape index (κ1) is 16.8. The van der Waals surface area contributed by atoms with Crippen LogP contribution in [0.4, 0.5) is 11.5 Å². The minimum Gasteiger partial charge on any atom is -0.478 e. The molecule has 1 heterocycles. The van der Waals surface area contributed by atoms with E-state index in [1.54, 1.807) is 7.11 Å². The third-order valence-electron chi connectivity index (χ3n) is 2.50. The molecule has 1 aromatic rings. The minimum absolute atomic E-state index is 0.0434. The van der Waals surface area contributed by atoms with Gasteiger partial charge in [0.25, 0.3) is 0 Å². The van der Waals surface area contributed by atoms with Gasteiger partial charge >= 0.3 is 11.7 Å². The number of aromatic carboxylic acids is 1. The van der Waals surface area contributed by atoms with E-state index in [1.165, 1.54) is 0 Å². The van der Waals surface area contributed by atoms with Gasteiger partial charge < -0.3 is 19.9 Å². The van der Waals surface area contributed by atoms with Gasteiger partial charge in [0.05, 0.1) is 23.7 Å². The van der Waals surface area contributed by atoms with Crippen molar-refractivity contribution in [2.24, 2.45) is 0 Å². The van der Waals surface area contributed by atoms with Gasteiger partial charge in [0, 0.05) is 32.5 Å². The molecule has 0 aliphatic carbocycles. The predicted molar refractivity (Wildman–Crippen MR) is 73.7 cm³/mol. The summed E-state index contributed by atoms with van der Waals surface area (Å²) >= 11 is 0. The van der Waals surface area contributed by atoms with E-state index in [0.29, 0.717) is 32.8 Å². The lowest BCUT2D eigenvalue weighted by atomic mass is 10.2. The van der Waals surface area contributed by atoms with Gasteiger partial charge in [0.15, 0.2) is 0 Å². The summed E-state index contributed by atoms with van der Waals surface area (Å²) < 4.78 is 10.1. The number of carboxylic acids is 1. The maximum Gasteiger partial charge on any atom is 0.337 e. The molecule has 0 saturated carbocycles. The lowest BCUT2D eigenvalue weighted by molar-refractivity contribution is -0.384. The van der Waals surface area contributed by atoms with E-state index in [-0.39, 0.29) is 17.1 Å². The van der Waals surface area contributed by atoms with Gasteiger partial charge in [-0.2, -0.15) is 0 Å². The Morgan fingerprint density at radius 1 is 1.48 bits per heavy atom. The van der Waals surface area contributed by atoms with E-state index < -0.39 is 10.9 Å². The van der Waals surface area contributed by atoms with E-state index in [4.69, 9.17) is 14.6 Å². The van der Waals surface area contributed by atoms with Crippen LogP contribution in [-0.2, 0) is 9.47 Å². The highest BCUT2D eigenvalue weighted by molar-refractivity contribution is 5.88. The zero-order valence-corrected chi connectivity index (χ0v) is 11.6. The lowest BCUT2D eigenvalue weighted by Crippen LogP contribution is -2.11. The number of carbonyl (C=O) groups is 1. The molecule has 0 aliphatic heterocycles. The van der Waals surface area contributed by atoms with E-state index in [9.17, 15) is 14.9 Å². The number of nitrogens with one attached hydrogen (secondary N) is 1. The number of nitro groups is 1. The fourth-order valence-corrected chi connectivity index (χ4v) is 1.47. The molecule has 0 unspecified atom stereocenters. The summed E-state index contributed by atoms with van der Waals surface area (Å²) in [6.07, 6.45) is 1.70. The fourth-order valence-electron chi connectivity index (χ4n) is 1.47. The van der Waals surface area contributed by atoms with Crippen molar-refractivity contribution in [3.8, 4) is 0 Å². The van der Waals surface area contributed by atoms with Crippen LogP contribution in [0, 0.1) is 10.1 Å². The predicted octanol–water partition coefficient (Wildman–Crippen LogP) is 1.15. The number of aromatic nitrogens is 1. The summed E-state index contributed by atoms with van der Waals surface area (Å²) in [5, 5.41) is 22.5. The zero-order valence-electron chi connectivity index (χ0n) is 11.6. The van der Waals surface area contributed by atoms with Crippen LogP contribution in [0.25, 0.3) is 0 Å². The number of hydrogen-bond donors (Lipinski definition) is 2. The summed E-state index contributed by atoms with van der Waals surface area (Å²) in [5.41, 5.74) is -0.592. The summed E-state index contributed by atoms with van der Waals surface area (Å²) in [4.78, 5) is 24.8. The maximum absolute atomic E-state index is 10.9. The van der Waals surface area contributed by atoms with E-state index in [0.717, 1.165) is 12.3 Å². The molecule has 0 aliphatic rings. The summed E-state index contributed by atoms with van der Waals surface area (Å²) in [5.74, 6) is -1.22. The first-order chi connectivity index (χ1) is 10.1. The number of nitrogens with zero attached hydrogens (tertiary/aromatic N) is 2. The summed E-state index contributed by atoms with van der Waals surface area (Å²) in [6, 6.07) is 0.979. The average molecular weight is 299 g/mol. The highest BCUT2D eigenvalue weighted by Crippen LogP contribution is 2.22. The van der Waals surface area contributed by atoms with Crippen LogP contribution in [0.3, 0.4) is 0 Å². The second kappa shape index (κ2) is 8.82. The van der Waals surface area contributed by atoms with Gasteiger partial charge in [0.1, 0.15) is 0 Å². The molecule has 2 N–H and O–H groups in total. The van der Waals surface area contributed by atoms with Crippen molar-refractivity contribution in [3.63, 3.8) is 0 Å². The molecule has 0 spiro atoms. The SMILES string of the molecule is COCCOCCCNc1ncc(C(=O)O)cc1[N+](=O)[O-]. The average Bonchev–Trinajstić information content (AvgIpc) is 2.46. The summed E-state index contributed by atoms with van der Waals surface area (Å²) in [7, 11) is 1.58. The number of ether oxygens (including phenoxy) is 2. The Morgan fingerprint density at radius 3 is 2.86 bits per heavy atom. The third kappa shape index (κ3) is 5.71. The molecule has 9 heteroatoms. The number of anilines is 1. The first-order valence-electron chi connectivity index (χ1n) is 6.24. The fraction of sp³-hybridized carbons (Fsp3) is 0.500. The van der Waals surface area contributed by atoms with Crippen molar-refractivity contribution in [1.82, 2.24) is 4.98 Å². The Labute approximate surface area is 121 Å². The molecule has 0 saturated heterocycles. The van der Waals surface area contributed by atoms with Crippen molar-refractivity contribution in [2.75, 3.05) is 38.8 Å². The second-order valence-electron chi connectivity index (χ2n) is 4.04. The monoisotopic (exact) mass is 299 g/mol. The van der Waals surface area contributed by atoms with Crippen LogP contribution in [0.2, 0.25) is 0 Å². The van der Waals surface area contributed by atoms with Crippen molar-refractivity contribution in [3.05, 3.63) is 27.9 Å². The minimum atomic E-state index is -1.26. The molecule has 0 atom stereocenters. The number of methoxy groups -OCH3 is 1. The smallest absolute Gasteiger partial charge is 0.337 e. The first-order valence-corrected chi connectivity index (χ1v) is 6.24. The van der Waals surface area contributed by atoms with Crippen LogP contribution in [0.15, 0.2) is 12.3 Å². The van der Waals surface area contributed by atoms with Crippen molar-refractivity contribution >= 4 is 17.5 Å². The molecule has 0 radical (unpaired) electrons. The van der Waals surface area contributed by atoms with Gasteiger partial charge in [-0.1, -0.05) is 0 Å². The molecule has 0 aromatic carbocycles. The van der Waals surface area contributed by atoms with E-state index in [2.05, 4.69) is 10.3 Å². The van der Waals surface area contributed by atoms with E-state index in [1.807, 2.05) is 0 Å². The van der Waals surface area contributed by atoms with E-state index >= 15 is 0 Å². The number of rotatable bonds is 10. The van der Waals surface area contributed by atoms with Crippen LogP contribution in [-0.4, -0.2) is 54.5 Å². The van der Waals surface area contributed by atoms with Gasteiger partial charge in [-0.25, -0.2) is 9.78 Å². The molecule has 9 nitrogen and oxygen atoms in total. The Hall–Kier alpha value is -2.26. The Morgan fingerprint density at radius 2 is 2.24 bits per heavy atom. The molecule has 1 aromatic heterocycles. The van der Waals surface area contributed by atoms with Crippen LogP contribution in [0.5, 0.6) is 0 Å². The van der Waals surface area contributed by atoms with Crippen LogP contribution >= 0.6 is 0 Å². The highest BCUT2D eigenvalue weighted by Gasteiger charge is 2.18. The zero-order chi connectivity index (χ0) is 15.7. The molecular formula is C12H17N3O6. The van der Waals surface area contributed by atoms with Gasteiger partial charge in [-0.15, -0.1) is 0 Å². The Kier molecular flexibility index (Phi) is 7.05. The maximum atomic E-state index is 10.9. The third-order valence-corrected chi connectivity index (χ3v) is 2.50. The summed E-state index contributed by atoms with van der Waals surface area (Å²) in [6.45, 7) is 1.91. The van der Waals surface area contributed by atoms with Crippen LogP contribution < -0.4 is 5.32 Å². The normalized spacial score (nSPS) is 10.3. The van der Waals surface area contributed by atoms with Crippen molar-refractivity contribution in [2.45, 2.75) is 6.42 Å². The standard InChI is InChI=1S/C12H17N3O6/c1-20-5-6-21-4-2-3-13-11-10(15(18)19)7-9(8-14-11)12(16)17/h7-8H,2-6H2,1H3,(H,13,14)(H,16,17). The molecule has 1 rings (SSSR count). The molecular weight excluding hydrogens is 282 g/mol. The Bertz CT molecular complexity index is 494. The quantitative estimate of drug-likeness (QED) is 0.374. The number of carboxylic acid groups (broad SMARTS) is 1. The topological polar surface area (TPSA) is 124 Å². The van der Waals surface area contributed by atoms with Gasteiger partial charge in [-0.05, 0) is 6.42 Å². The van der Waals surface area contributed by atoms with Gasteiger partial charge in [0.2, 0.25) is 5.82 Å². The number of hydrogen-bond acceptors (Lipinski definition) is 7. The highest BCUT2D eigenvalue weighted by atomic mass is 16.6. The molecule has 21 heavy (non-hydrogen) atoms. The molecule has 116 valence electrons. The number of pyridine rings is 1. The largest absolute Gasteiger partial charge is 0.478 e.